The summed E-state index contributed by atoms with van der Waals surface area (Å²) in [4.78, 5) is 14.3. The SMILES string of the molecule is CNC(=O)[C@@H]1Cc2ccccc2CN1Cc1ccccc1F. The maximum absolute atomic E-state index is 13.9. The molecular weight excluding hydrogens is 279 g/mol. The molecule has 0 bridgehead atoms. The highest BCUT2D eigenvalue weighted by molar-refractivity contribution is 5.82. The van der Waals surface area contributed by atoms with Crippen molar-refractivity contribution in [2.75, 3.05) is 7.05 Å². The quantitative estimate of drug-likeness (QED) is 0.944. The number of fused-ring (bicyclic) bond motifs is 1. The number of rotatable bonds is 3. The Hall–Kier alpha value is -2.20. The lowest BCUT2D eigenvalue weighted by molar-refractivity contribution is -0.126. The normalized spacial score (nSPS) is 17.8. The fraction of sp³-hybridized carbons (Fsp3) is 0.278. The molecule has 3 rings (SSSR count). The average molecular weight is 298 g/mol. The third-order valence-corrected chi connectivity index (χ3v) is 4.23. The topological polar surface area (TPSA) is 32.3 Å². The average Bonchev–Trinajstić information content (AvgIpc) is 2.55. The Balaban J connectivity index is 1.90. The summed E-state index contributed by atoms with van der Waals surface area (Å²) in [6, 6.07) is 14.6. The van der Waals surface area contributed by atoms with E-state index < -0.39 is 0 Å². The van der Waals surface area contributed by atoms with Crippen molar-refractivity contribution in [2.45, 2.75) is 25.6 Å². The summed E-state index contributed by atoms with van der Waals surface area (Å²) in [5, 5.41) is 2.72. The van der Waals surface area contributed by atoms with Gasteiger partial charge in [0.15, 0.2) is 0 Å². The third-order valence-electron chi connectivity index (χ3n) is 4.23. The molecule has 0 spiro atoms. The number of amides is 1. The van der Waals surface area contributed by atoms with Crippen LogP contribution in [0.15, 0.2) is 48.5 Å². The number of nitrogens with one attached hydrogen (secondary N) is 1. The summed E-state index contributed by atoms with van der Waals surface area (Å²) in [5.41, 5.74) is 3.02. The highest BCUT2D eigenvalue weighted by Crippen LogP contribution is 2.25. The first-order chi connectivity index (χ1) is 10.7. The van der Waals surface area contributed by atoms with E-state index >= 15 is 0 Å². The minimum Gasteiger partial charge on any atom is -0.358 e. The Bertz CT molecular complexity index is 686. The van der Waals surface area contributed by atoms with E-state index in [0.29, 0.717) is 25.1 Å². The minimum atomic E-state index is -0.264. The Labute approximate surface area is 129 Å². The van der Waals surface area contributed by atoms with Crippen LogP contribution in [0.25, 0.3) is 0 Å². The van der Waals surface area contributed by atoms with E-state index in [9.17, 15) is 9.18 Å². The molecule has 1 heterocycles. The zero-order valence-corrected chi connectivity index (χ0v) is 12.6. The lowest BCUT2D eigenvalue weighted by atomic mass is 9.93. The van der Waals surface area contributed by atoms with Gasteiger partial charge in [-0.05, 0) is 23.6 Å². The van der Waals surface area contributed by atoms with Gasteiger partial charge in [0.2, 0.25) is 5.91 Å². The van der Waals surface area contributed by atoms with Gasteiger partial charge in [-0.3, -0.25) is 9.69 Å². The molecule has 1 atom stereocenters. The van der Waals surface area contributed by atoms with Crippen LogP contribution in [0.3, 0.4) is 0 Å². The zero-order chi connectivity index (χ0) is 15.5. The van der Waals surface area contributed by atoms with Gasteiger partial charge >= 0.3 is 0 Å². The van der Waals surface area contributed by atoms with Crippen LogP contribution >= 0.6 is 0 Å². The number of nitrogens with zero attached hydrogens (tertiary/aromatic N) is 1. The van der Waals surface area contributed by atoms with Crippen LogP contribution in [0, 0.1) is 5.82 Å². The van der Waals surface area contributed by atoms with Gasteiger partial charge < -0.3 is 5.32 Å². The second-order valence-electron chi connectivity index (χ2n) is 5.60. The molecule has 1 aliphatic heterocycles. The predicted octanol–water partition coefficient (Wildman–Crippen LogP) is 2.50. The van der Waals surface area contributed by atoms with Gasteiger partial charge in [-0.2, -0.15) is 0 Å². The summed E-state index contributed by atoms with van der Waals surface area (Å²) in [6.07, 6.45) is 0.657. The van der Waals surface area contributed by atoms with Crippen molar-refractivity contribution in [2.24, 2.45) is 0 Å². The molecule has 0 aromatic heterocycles. The molecule has 0 radical (unpaired) electrons. The number of carbonyl (C=O) groups is 1. The molecule has 0 saturated heterocycles. The summed E-state index contributed by atoms with van der Waals surface area (Å²) >= 11 is 0. The van der Waals surface area contributed by atoms with Gasteiger partial charge in [0.05, 0.1) is 6.04 Å². The van der Waals surface area contributed by atoms with Crippen molar-refractivity contribution in [1.82, 2.24) is 10.2 Å². The number of carbonyl (C=O) groups excluding carboxylic acids is 1. The van der Waals surface area contributed by atoms with Crippen molar-refractivity contribution in [3.63, 3.8) is 0 Å². The lowest BCUT2D eigenvalue weighted by Gasteiger charge is -2.35. The zero-order valence-electron chi connectivity index (χ0n) is 12.6. The molecule has 2 aromatic rings. The van der Waals surface area contributed by atoms with E-state index in [2.05, 4.69) is 17.4 Å². The second-order valence-corrected chi connectivity index (χ2v) is 5.60. The third kappa shape index (κ3) is 2.88. The lowest BCUT2D eigenvalue weighted by Crippen LogP contribution is -2.49. The first kappa shape index (κ1) is 14.7. The molecule has 114 valence electrons. The number of hydrogen-bond donors (Lipinski definition) is 1. The Morgan fingerprint density at radius 3 is 2.59 bits per heavy atom. The summed E-state index contributed by atoms with van der Waals surface area (Å²) in [5.74, 6) is -0.247. The van der Waals surface area contributed by atoms with Crippen LogP contribution in [-0.4, -0.2) is 23.9 Å². The number of hydrogen-bond acceptors (Lipinski definition) is 2. The fourth-order valence-electron chi connectivity index (χ4n) is 3.01. The minimum absolute atomic E-state index is 0.0224. The van der Waals surface area contributed by atoms with Crippen LogP contribution in [0.5, 0.6) is 0 Å². The van der Waals surface area contributed by atoms with Gasteiger partial charge in [0.1, 0.15) is 5.82 Å². The van der Waals surface area contributed by atoms with E-state index in [-0.39, 0.29) is 17.8 Å². The molecule has 1 N–H and O–H groups in total. The van der Waals surface area contributed by atoms with Gasteiger partial charge in [-0.15, -0.1) is 0 Å². The molecule has 0 fully saturated rings. The monoisotopic (exact) mass is 298 g/mol. The van der Waals surface area contributed by atoms with E-state index in [1.165, 1.54) is 17.2 Å². The van der Waals surface area contributed by atoms with Crippen molar-refractivity contribution < 1.29 is 9.18 Å². The van der Waals surface area contributed by atoms with Crippen molar-refractivity contribution in [3.05, 3.63) is 71.0 Å². The smallest absolute Gasteiger partial charge is 0.237 e. The largest absolute Gasteiger partial charge is 0.358 e. The van der Waals surface area contributed by atoms with Crippen LogP contribution in [0.1, 0.15) is 16.7 Å². The maximum Gasteiger partial charge on any atom is 0.237 e. The van der Waals surface area contributed by atoms with Crippen molar-refractivity contribution >= 4 is 5.91 Å². The molecule has 3 nitrogen and oxygen atoms in total. The summed E-state index contributed by atoms with van der Waals surface area (Å²) in [7, 11) is 1.64. The first-order valence-electron chi connectivity index (χ1n) is 7.45. The molecule has 0 aliphatic carbocycles. The molecule has 0 unspecified atom stereocenters. The van der Waals surface area contributed by atoms with Crippen LogP contribution in [-0.2, 0) is 24.3 Å². The second kappa shape index (κ2) is 6.28. The number of likely N-dealkylation sites (N-methyl/N-ethyl adjacent to an activating group) is 1. The maximum atomic E-state index is 13.9. The first-order valence-corrected chi connectivity index (χ1v) is 7.45. The highest BCUT2D eigenvalue weighted by Gasteiger charge is 2.31. The molecule has 4 heteroatoms. The summed E-state index contributed by atoms with van der Waals surface area (Å²) < 4.78 is 13.9. The standard InChI is InChI=1S/C18H19FN2O/c1-20-18(22)17-10-13-6-2-3-7-14(13)11-21(17)12-15-8-4-5-9-16(15)19/h2-9,17H,10-12H2,1H3,(H,20,22)/t17-/m0/s1. The molecular formula is C18H19FN2O. The van der Waals surface area contributed by atoms with Gasteiger partial charge in [0, 0.05) is 25.7 Å². The van der Waals surface area contributed by atoms with Crippen LogP contribution in [0.4, 0.5) is 4.39 Å². The highest BCUT2D eigenvalue weighted by atomic mass is 19.1. The molecule has 22 heavy (non-hydrogen) atoms. The van der Waals surface area contributed by atoms with Crippen molar-refractivity contribution in [1.29, 1.82) is 0 Å². The van der Waals surface area contributed by atoms with E-state index in [4.69, 9.17) is 0 Å². The van der Waals surface area contributed by atoms with Gasteiger partial charge in [0.25, 0.3) is 0 Å². The molecule has 1 amide bonds. The van der Waals surface area contributed by atoms with Crippen molar-refractivity contribution in [3.8, 4) is 0 Å². The van der Waals surface area contributed by atoms with Gasteiger partial charge in [-0.1, -0.05) is 42.5 Å². The fourth-order valence-corrected chi connectivity index (χ4v) is 3.01. The summed E-state index contributed by atoms with van der Waals surface area (Å²) in [6.45, 7) is 1.09. The molecule has 1 aliphatic rings. The van der Waals surface area contributed by atoms with Crippen LogP contribution < -0.4 is 5.32 Å². The van der Waals surface area contributed by atoms with E-state index in [1.807, 2.05) is 23.1 Å². The van der Waals surface area contributed by atoms with E-state index in [1.54, 1.807) is 19.2 Å². The molecule has 0 saturated carbocycles. The van der Waals surface area contributed by atoms with Crippen LogP contribution in [0.2, 0.25) is 0 Å². The Morgan fingerprint density at radius 1 is 1.18 bits per heavy atom. The Kier molecular flexibility index (Phi) is 4.20. The number of halogens is 1. The van der Waals surface area contributed by atoms with E-state index in [0.717, 1.165) is 0 Å². The predicted molar refractivity (Wildman–Crippen MR) is 83.6 cm³/mol. The molecule has 2 aromatic carbocycles. The number of benzene rings is 2. The Morgan fingerprint density at radius 2 is 1.86 bits per heavy atom. The van der Waals surface area contributed by atoms with Gasteiger partial charge in [-0.25, -0.2) is 4.39 Å².